The molecule has 0 saturated heterocycles. The smallest absolute Gasteiger partial charge is 0.314 e. The number of nitrogens with zero attached hydrogens (tertiary/aromatic N) is 1. The van der Waals surface area contributed by atoms with Crippen LogP contribution in [0.15, 0.2) is 38.8 Å². The van der Waals surface area contributed by atoms with Gasteiger partial charge < -0.3 is 9.97 Å². The van der Waals surface area contributed by atoms with Crippen molar-refractivity contribution in [3.8, 4) is 0 Å². The van der Waals surface area contributed by atoms with Crippen LogP contribution in [0, 0.1) is 10.1 Å². The highest BCUT2D eigenvalue weighted by atomic mass is 32.2. The Morgan fingerprint density at radius 3 is 2.35 bits per heavy atom. The SMILES string of the molecule is NS(=O)(=O)c1cc2ccc3[nH]c(=O)c(=O)[nH]c3c2cc1[N+](=O)[O-]. The number of aromatic nitrogens is 2. The summed E-state index contributed by atoms with van der Waals surface area (Å²) in [5.74, 6) is 0. The van der Waals surface area contributed by atoms with Crippen LogP contribution in [0.3, 0.4) is 0 Å². The molecule has 0 aliphatic heterocycles. The number of hydrogen-bond acceptors (Lipinski definition) is 6. The van der Waals surface area contributed by atoms with Crippen LogP contribution in [-0.2, 0) is 10.0 Å². The lowest BCUT2D eigenvalue weighted by atomic mass is 10.1. The number of nitrogens with two attached hydrogens (primary N) is 1. The number of hydrogen-bond donors (Lipinski definition) is 3. The van der Waals surface area contributed by atoms with E-state index in [9.17, 15) is 28.1 Å². The molecule has 0 radical (unpaired) electrons. The van der Waals surface area contributed by atoms with Crippen molar-refractivity contribution >= 4 is 37.5 Å². The Bertz CT molecular complexity index is 1210. The molecular weight excluding hydrogens is 328 g/mol. The molecule has 3 aromatic rings. The Morgan fingerprint density at radius 2 is 1.74 bits per heavy atom. The average molecular weight is 336 g/mol. The lowest BCUT2D eigenvalue weighted by Gasteiger charge is -2.06. The highest BCUT2D eigenvalue weighted by Gasteiger charge is 2.24. The Labute approximate surface area is 126 Å². The Kier molecular flexibility index (Phi) is 3.05. The number of H-pyrrole nitrogens is 2. The van der Waals surface area contributed by atoms with E-state index in [1.54, 1.807) is 0 Å². The summed E-state index contributed by atoms with van der Waals surface area (Å²) in [4.78, 5) is 37.1. The van der Waals surface area contributed by atoms with Gasteiger partial charge in [-0.2, -0.15) is 0 Å². The van der Waals surface area contributed by atoms with E-state index in [0.717, 1.165) is 12.1 Å². The maximum absolute atomic E-state index is 11.5. The monoisotopic (exact) mass is 336 g/mol. The fourth-order valence-corrected chi connectivity index (χ4v) is 3.02. The van der Waals surface area contributed by atoms with Crippen LogP contribution in [0.25, 0.3) is 21.8 Å². The van der Waals surface area contributed by atoms with Crippen LogP contribution < -0.4 is 16.3 Å². The summed E-state index contributed by atoms with van der Waals surface area (Å²) in [6.45, 7) is 0. The highest BCUT2D eigenvalue weighted by Crippen LogP contribution is 2.31. The van der Waals surface area contributed by atoms with Crippen molar-refractivity contribution in [2.45, 2.75) is 4.90 Å². The summed E-state index contributed by atoms with van der Waals surface area (Å²) in [6.07, 6.45) is 0. The molecule has 0 spiro atoms. The fourth-order valence-electron chi connectivity index (χ4n) is 2.30. The minimum absolute atomic E-state index is 0.149. The van der Waals surface area contributed by atoms with Crippen molar-refractivity contribution in [1.82, 2.24) is 9.97 Å². The summed E-state index contributed by atoms with van der Waals surface area (Å²) < 4.78 is 23.1. The van der Waals surface area contributed by atoms with Gasteiger partial charge in [0.05, 0.1) is 16.0 Å². The Hall–Kier alpha value is -3.05. The average Bonchev–Trinajstić information content (AvgIpc) is 2.46. The van der Waals surface area contributed by atoms with Crippen LogP contribution in [0.5, 0.6) is 0 Å². The quantitative estimate of drug-likeness (QED) is 0.256. The van der Waals surface area contributed by atoms with Crippen molar-refractivity contribution in [1.29, 1.82) is 0 Å². The molecule has 0 bridgehead atoms. The van der Waals surface area contributed by atoms with Gasteiger partial charge in [0.2, 0.25) is 10.0 Å². The second-order valence-electron chi connectivity index (χ2n) is 4.74. The predicted octanol–water partition coefficient (Wildman–Crippen LogP) is -0.0748. The third-order valence-electron chi connectivity index (χ3n) is 3.30. The Balaban J connectivity index is 2.57. The molecule has 0 amide bonds. The van der Waals surface area contributed by atoms with Gasteiger partial charge in [0, 0.05) is 11.5 Å². The summed E-state index contributed by atoms with van der Waals surface area (Å²) in [5.41, 5.74) is -2.12. The standard InChI is InChI=1S/C12H8N4O6S/c13-23(21,22)9-3-5-1-2-7-10(15-12(18)11(17)14-7)6(5)4-8(9)16(19)20/h1-4H,(H,14,17)(H,15,18)(H2,13,21,22). The summed E-state index contributed by atoms with van der Waals surface area (Å²) in [7, 11) is -4.31. The molecule has 0 aliphatic rings. The number of rotatable bonds is 2. The number of aromatic amines is 2. The van der Waals surface area contributed by atoms with Crippen LogP contribution in [0.2, 0.25) is 0 Å². The number of fused-ring (bicyclic) bond motifs is 3. The second-order valence-corrected chi connectivity index (χ2v) is 6.27. The molecule has 23 heavy (non-hydrogen) atoms. The molecule has 10 nitrogen and oxygen atoms in total. The van der Waals surface area contributed by atoms with Gasteiger partial charge in [-0.25, -0.2) is 13.6 Å². The molecule has 118 valence electrons. The van der Waals surface area contributed by atoms with Gasteiger partial charge in [-0.3, -0.25) is 19.7 Å². The minimum Gasteiger partial charge on any atom is -0.316 e. The molecule has 0 atom stereocenters. The van der Waals surface area contributed by atoms with Crippen LogP contribution in [0.4, 0.5) is 5.69 Å². The molecule has 2 aromatic carbocycles. The van der Waals surface area contributed by atoms with Crippen molar-refractivity contribution in [3.05, 3.63) is 55.1 Å². The molecular formula is C12H8N4O6S. The first-order chi connectivity index (χ1) is 10.7. The van der Waals surface area contributed by atoms with Crippen LogP contribution in [0.1, 0.15) is 0 Å². The van der Waals surface area contributed by atoms with Crippen LogP contribution >= 0.6 is 0 Å². The van der Waals surface area contributed by atoms with E-state index in [2.05, 4.69) is 9.97 Å². The first kappa shape index (κ1) is 14.9. The lowest BCUT2D eigenvalue weighted by Crippen LogP contribution is -2.28. The number of benzene rings is 2. The number of nitro benzene ring substituents is 1. The number of primary sulfonamides is 1. The topological polar surface area (TPSA) is 169 Å². The highest BCUT2D eigenvalue weighted by molar-refractivity contribution is 7.89. The molecule has 0 saturated carbocycles. The maximum Gasteiger partial charge on any atom is 0.314 e. The summed E-state index contributed by atoms with van der Waals surface area (Å²) in [6, 6.07) is 4.93. The normalized spacial score (nSPS) is 11.9. The van der Waals surface area contributed by atoms with E-state index in [1.165, 1.54) is 12.1 Å². The van der Waals surface area contributed by atoms with Gasteiger partial charge in [-0.05, 0) is 17.5 Å². The molecule has 11 heteroatoms. The van der Waals surface area contributed by atoms with Gasteiger partial charge in [-0.1, -0.05) is 6.07 Å². The van der Waals surface area contributed by atoms with E-state index in [-0.39, 0.29) is 16.4 Å². The largest absolute Gasteiger partial charge is 0.316 e. The molecule has 1 heterocycles. The van der Waals surface area contributed by atoms with Crippen molar-refractivity contribution in [2.24, 2.45) is 5.14 Å². The molecule has 3 rings (SSSR count). The third-order valence-corrected chi connectivity index (χ3v) is 4.24. The Morgan fingerprint density at radius 1 is 1.09 bits per heavy atom. The number of nitro groups is 1. The second kappa shape index (κ2) is 4.72. The fraction of sp³-hybridized carbons (Fsp3) is 0. The molecule has 1 aromatic heterocycles. The van der Waals surface area contributed by atoms with E-state index in [0.29, 0.717) is 5.39 Å². The van der Waals surface area contributed by atoms with Gasteiger partial charge in [0.15, 0.2) is 4.90 Å². The van der Waals surface area contributed by atoms with Crippen LogP contribution in [-0.4, -0.2) is 23.3 Å². The summed E-state index contributed by atoms with van der Waals surface area (Å²) >= 11 is 0. The van der Waals surface area contributed by atoms with Gasteiger partial charge >= 0.3 is 11.1 Å². The zero-order valence-electron chi connectivity index (χ0n) is 11.2. The zero-order chi connectivity index (χ0) is 16.9. The number of sulfonamides is 1. The minimum atomic E-state index is -4.31. The molecule has 0 aliphatic carbocycles. The predicted molar refractivity (Wildman–Crippen MR) is 80.7 cm³/mol. The van der Waals surface area contributed by atoms with Crippen molar-refractivity contribution in [2.75, 3.05) is 0 Å². The zero-order valence-corrected chi connectivity index (χ0v) is 12.0. The van der Waals surface area contributed by atoms with E-state index in [4.69, 9.17) is 5.14 Å². The maximum atomic E-state index is 11.5. The summed E-state index contributed by atoms with van der Waals surface area (Å²) in [5, 5.41) is 16.6. The third kappa shape index (κ3) is 2.37. The first-order valence-electron chi connectivity index (χ1n) is 6.09. The van der Waals surface area contributed by atoms with Gasteiger partial charge in [0.25, 0.3) is 5.69 Å². The molecule has 4 N–H and O–H groups in total. The first-order valence-corrected chi connectivity index (χ1v) is 7.63. The van der Waals surface area contributed by atoms with Gasteiger partial charge in [-0.15, -0.1) is 0 Å². The molecule has 0 unspecified atom stereocenters. The van der Waals surface area contributed by atoms with E-state index >= 15 is 0 Å². The van der Waals surface area contributed by atoms with Crippen molar-refractivity contribution < 1.29 is 13.3 Å². The van der Waals surface area contributed by atoms with Gasteiger partial charge in [0.1, 0.15) is 0 Å². The number of nitrogens with one attached hydrogen (secondary N) is 2. The lowest BCUT2D eigenvalue weighted by molar-refractivity contribution is -0.387. The molecule has 0 fully saturated rings. The van der Waals surface area contributed by atoms with Crippen molar-refractivity contribution in [3.63, 3.8) is 0 Å². The van der Waals surface area contributed by atoms with E-state index in [1.807, 2.05) is 0 Å². The van der Waals surface area contributed by atoms with E-state index < -0.39 is 36.6 Å².